The summed E-state index contributed by atoms with van der Waals surface area (Å²) >= 11 is 3.16. The number of aromatic nitrogens is 1. The Kier molecular flexibility index (Phi) is 3.88. The molecule has 88 valence electrons. The van der Waals surface area contributed by atoms with Gasteiger partial charge in [0.25, 0.3) is 0 Å². The maximum absolute atomic E-state index is 11.0. The van der Waals surface area contributed by atoms with E-state index in [1.165, 1.54) is 12.3 Å². The van der Waals surface area contributed by atoms with Gasteiger partial charge in [0, 0.05) is 10.7 Å². The fraction of sp³-hybridized carbons (Fsp3) is 0.400. The summed E-state index contributed by atoms with van der Waals surface area (Å²) in [5.41, 5.74) is -0.554. The molecule has 0 spiro atoms. The molecule has 0 aliphatic carbocycles. The molecule has 16 heavy (non-hydrogen) atoms. The van der Waals surface area contributed by atoms with Crippen molar-refractivity contribution in [1.29, 1.82) is 0 Å². The van der Waals surface area contributed by atoms with Gasteiger partial charge in [-0.2, -0.15) is 0 Å². The van der Waals surface area contributed by atoms with Gasteiger partial charge < -0.3 is 15.5 Å². The second kappa shape index (κ2) is 4.80. The van der Waals surface area contributed by atoms with Gasteiger partial charge in [-0.15, -0.1) is 0 Å². The SMILES string of the molecule is CC(C)(CO)Nc1ncc(Br)cc1C(=O)O. The van der Waals surface area contributed by atoms with E-state index < -0.39 is 11.5 Å². The molecule has 1 rings (SSSR count). The summed E-state index contributed by atoms with van der Waals surface area (Å²) in [6, 6.07) is 1.46. The summed E-state index contributed by atoms with van der Waals surface area (Å²) in [6.45, 7) is 3.38. The van der Waals surface area contributed by atoms with Gasteiger partial charge in [-0.1, -0.05) is 0 Å². The molecule has 3 N–H and O–H groups in total. The van der Waals surface area contributed by atoms with Crippen molar-refractivity contribution in [3.05, 3.63) is 22.3 Å². The van der Waals surface area contributed by atoms with Crippen LogP contribution in [-0.2, 0) is 0 Å². The molecule has 0 aliphatic heterocycles. The van der Waals surface area contributed by atoms with Crippen molar-refractivity contribution < 1.29 is 15.0 Å². The summed E-state index contributed by atoms with van der Waals surface area (Å²) < 4.78 is 0.595. The molecule has 0 bridgehead atoms. The fourth-order valence-electron chi connectivity index (χ4n) is 1.06. The van der Waals surface area contributed by atoms with Crippen LogP contribution in [0.5, 0.6) is 0 Å². The molecule has 6 heteroatoms. The first-order valence-corrected chi connectivity index (χ1v) is 5.43. The monoisotopic (exact) mass is 288 g/mol. The Hall–Kier alpha value is -1.14. The molecular formula is C10H13BrN2O3. The van der Waals surface area contributed by atoms with Crippen LogP contribution in [0, 0.1) is 0 Å². The molecule has 0 radical (unpaired) electrons. The maximum Gasteiger partial charge on any atom is 0.339 e. The first-order chi connectivity index (χ1) is 7.35. The third-order valence-electron chi connectivity index (χ3n) is 1.94. The van der Waals surface area contributed by atoms with Crippen molar-refractivity contribution in [2.24, 2.45) is 0 Å². The quantitative estimate of drug-likeness (QED) is 0.786. The predicted molar refractivity (Wildman–Crippen MR) is 63.7 cm³/mol. The van der Waals surface area contributed by atoms with Gasteiger partial charge >= 0.3 is 5.97 Å². The largest absolute Gasteiger partial charge is 0.478 e. The lowest BCUT2D eigenvalue weighted by Gasteiger charge is -2.24. The summed E-state index contributed by atoms with van der Waals surface area (Å²) in [5, 5.41) is 21.0. The zero-order valence-electron chi connectivity index (χ0n) is 8.99. The number of aliphatic hydroxyl groups is 1. The maximum atomic E-state index is 11.0. The molecule has 0 saturated carbocycles. The van der Waals surface area contributed by atoms with Crippen molar-refractivity contribution in [2.75, 3.05) is 11.9 Å². The Morgan fingerprint density at radius 3 is 2.75 bits per heavy atom. The van der Waals surface area contributed by atoms with Crippen LogP contribution in [0.25, 0.3) is 0 Å². The van der Waals surface area contributed by atoms with E-state index in [2.05, 4.69) is 26.2 Å². The van der Waals surface area contributed by atoms with E-state index in [0.717, 1.165) is 0 Å². The first kappa shape index (κ1) is 12.9. The van der Waals surface area contributed by atoms with Crippen LogP contribution >= 0.6 is 15.9 Å². The molecule has 1 heterocycles. The third-order valence-corrected chi connectivity index (χ3v) is 2.37. The van der Waals surface area contributed by atoms with Gasteiger partial charge in [-0.3, -0.25) is 0 Å². The van der Waals surface area contributed by atoms with E-state index >= 15 is 0 Å². The van der Waals surface area contributed by atoms with Gasteiger partial charge in [0.2, 0.25) is 0 Å². The zero-order valence-corrected chi connectivity index (χ0v) is 10.6. The summed E-state index contributed by atoms with van der Waals surface area (Å²) in [6.07, 6.45) is 1.50. The number of anilines is 1. The molecule has 1 aromatic rings. The Morgan fingerprint density at radius 2 is 2.25 bits per heavy atom. The smallest absolute Gasteiger partial charge is 0.339 e. The average Bonchev–Trinajstić information content (AvgIpc) is 2.20. The second-order valence-electron chi connectivity index (χ2n) is 4.02. The lowest BCUT2D eigenvalue weighted by Crippen LogP contribution is -2.36. The molecule has 0 aliphatic rings. The van der Waals surface area contributed by atoms with Crippen molar-refractivity contribution in [3.8, 4) is 0 Å². The van der Waals surface area contributed by atoms with Gasteiger partial charge in [-0.05, 0) is 35.8 Å². The van der Waals surface area contributed by atoms with Crippen molar-refractivity contribution in [2.45, 2.75) is 19.4 Å². The molecular weight excluding hydrogens is 276 g/mol. The minimum absolute atomic E-state index is 0.0656. The van der Waals surface area contributed by atoms with Crippen LogP contribution in [0.1, 0.15) is 24.2 Å². The topological polar surface area (TPSA) is 82.5 Å². The number of pyridine rings is 1. The number of aromatic carboxylic acids is 1. The number of halogens is 1. The normalized spacial score (nSPS) is 11.2. The van der Waals surface area contributed by atoms with Crippen molar-refractivity contribution in [3.63, 3.8) is 0 Å². The molecule has 0 unspecified atom stereocenters. The Morgan fingerprint density at radius 1 is 1.62 bits per heavy atom. The Balaban J connectivity index is 3.09. The number of carboxylic acids is 1. The highest BCUT2D eigenvalue weighted by Gasteiger charge is 2.20. The van der Waals surface area contributed by atoms with E-state index in [9.17, 15) is 4.79 Å². The Bertz CT molecular complexity index is 407. The minimum atomic E-state index is -1.06. The van der Waals surface area contributed by atoms with Crippen molar-refractivity contribution >= 4 is 27.7 Å². The van der Waals surface area contributed by atoms with Crippen LogP contribution in [0.15, 0.2) is 16.7 Å². The summed E-state index contributed by atoms with van der Waals surface area (Å²) in [4.78, 5) is 15.0. The molecule has 1 aromatic heterocycles. The van der Waals surface area contributed by atoms with Crippen LogP contribution in [0.4, 0.5) is 5.82 Å². The van der Waals surface area contributed by atoms with Crippen LogP contribution in [-0.4, -0.2) is 33.3 Å². The average molecular weight is 289 g/mol. The highest BCUT2D eigenvalue weighted by Crippen LogP contribution is 2.21. The highest BCUT2D eigenvalue weighted by atomic mass is 79.9. The molecule has 0 saturated heterocycles. The molecule has 0 atom stereocenters. The summed E-state index contributed by atoms with van der Waals surface area (Å²) in [7, 11) is 0. The number of rotatable bonds is 4. The number of carboxylic acid groups (broad SMARTS) is 1. The van der Waals surface area contributed by atoms with E-state index in [4.69, 9.17) is 10.2 Å². The molecule has 0 fully saturated rings. The number of hydrogen-bond donors (Lipinski definition) is 3. The second-order valence-corrected chi connectivity index (χ2v) is 4.94. The Labute approximate surface area is 102 Å². The lowest BCUT2D eigenvalue weighted by molar-refractivity contribution is 0.0697. The van der Waals surface area contributed by atoms with E-state index in [0.29, 0.717) is 4.47 Å². The van der Waals surface area contributed by atoms with Gasteiger partial charge in [0.05, 0.1) is 12.1 Å². The lowest BCUT2D eigenvalue weighted by atomic mass is 10.1. The molecule has 0 amide bonds. The molecule has 0 aromatic carbocycles. The number of nitrogens with zero attached hydrogens (tertiary/aromatic N) is 1. The standard InChI is InChI=1S/C10H13BrN2O3/c1-10(2,5-14)13-8-7(9(15)16)3-6(11)4-12-8/h3-4,14H,5H2,1-2H3,(H,12,13)(H,15,16). The van der Waals surface area contributed by atoms with Gasteiger partial charge in [-0.25, -0.2) is 9.78 Å². The number of hydrogen-bond acceptors (Lipinski definition) is 4. The van der Waals surface area contributed by atoms with Gasteiger partial charge in [0.15, 0.2) is 0 Å². The van der Waals surface area contributed by atoms with Crippen LogP contribution in [0.3, 0.4) is 0 Å². The number of aliphatic hydroxyl groups excluding tert-OH is 1. The summed E-state index contributed by atoms with van der Waals surface area (Å²) in [5.74, 6) is -0.820. The third kappa shape index (κ3) is 3.18. The van der Waals surface area contributed by atoms with Crippen LogP contribution in [0.2, 0.25) is 0 Å². The fourth-order valence-corrected chi connectivity index (χ4v) is 1.39. The van der Waals surface area contributed by atoms with Crippen molar-refractivity contribution in [1.82, 2.24) is 4.98 Å². The van der Waals surface area contributed by atoms with E-state index in [1.807, 2.05) is 0 Å². The van der Waals surface area contributed by atoms with Crippen LogP contribution < -0.4 is 5.32 Å². The van der Waals surface area contributed by atoms with Gasteiger partial charge in [0.1, 0.15) is 11.4 Å². The first-order valence-electron chi connectivity index (χ1n) is 4.63. The highest BCUT2D eigenvalue weighted by molar-refractivity contribution is 9.10. The number of nitrogens with one attached hydrogen (secondary N) is 1. The minimum Gasteiger partial charge on any atom is -0.478 e. The van der Waals surface area contributed by atoms with E-state index in [1.54, 1.807) is 13.8 Å². The molecule has 5 nitrogen and oxygen atoms in total. The number of carbonyl (C=O) groups is 1. The van der Waals surface area contributed by atoms with E-state index in [-0.39, 0.29) is 18.0 Å². The zero-order chi connectivity index (χ0) is 12.3. The predicted octanol–water partition coefficient (Wildman–Crippen LogP) is 1.73.